The van der Waals surface area contributed by atoms with Crippen LogP contribution in [0.15, 0.2) is 0 Å². The number of hydrogen-bond acceptors (Lipinski definition) is 4. The van der Waals surface area contributed by atoms with E-state index < -0.39 is 0 Å². The summed E-state index contributed by atoms with van der Waals surface area (Å²) in [4.78, 5) is 39.7. The minimum absolute atomic E-state index is 0.0289. The minimum Gasteiger partial charge on any atom is -0.393 e. The largest absolute Gasteiger partial charge is 0.393 e. The van der Waals surface area contributed by atoms with Gasteiger partial charge in [-0.25, -0.2) is 4.79 Å². The number of hydrogen-bond donors (Lipinski definition) is 1. The van der Waals surface area contributed by atoms with Gasteiger partial charge in [-0.15, -0.1) is 0 Å². The number of aliphatic hydroxyl groups is 1. The van der Waals surface area contributed by atoms with E-state index in [1.54, 1.807) is 11.9 Å². The lowest BCUT2D eigenvalue weighted by Crippen LogP contribution is -2.45. The van der Waals surface area contributed by atoms with Gasteiger partial charge in [-0.05, 0) is 18.8 Å². The molecule has 2 saturated heterocycles. The molecule has 2 heterocycles. The van der Waals surface area contributed by atoms with E-state index in [2.05, 4.69) is 0 Å². The Morgan fingerprint density at radius 2 is 2.10 bits per heavy atom. The maximum atomic E-state index is 12.1. The summed E-state index contributed by atoms with van der Waals surface area (Å²) in [5.41, 5.74) is 0. The summed E-state index contributed by atoms with van der Waals surface area (Å²) < 4.78 is 0. The van der Waals surface area contributed by atoms with Gasteiger partial charge in [0.05, 0.1) is 6.10 Å². The SMILES string of the molecule is CC1CN(C(=O)CCCN2C(=O)CN(C)C2=O)CCC1O. The Labute approximate surface area is 124 Å². The monoisotopic (exact) mass is 297 g/mol. The molecular weight excluding hydrogens is 274 g/mol. The van der Waals surface area contributed by atoms with Gasteiger partial charge in [-0.3, -0.25) is 14.5 Å². The third-order valence-electron chi connectivity index (χ3n) is 4.22. The third kappa shape index (κ3) is 3.53. The smallest absolute Gasteiger partial charge is 0.326 e. The fraction of sp³-hybridized carbons (Fsp3) is 0.786. The molecular formula is C14H23N3O4. The van der Waals surface area contributed by atoms with Crippen LogP contribution in [0.2, 0.25) is 0 Å². The molecule has 2 fully saturated rings. The van der Waals surface area contributed by atoms with Crippen molar-refractivity contribution in [3.63, 3.8) is 0 Å². The second kappa shape index (κ2) is 6.43. The standard InChI is InChI=1S/C14H23N3O4/c1-10-8-16(7-5-11(10)18)12(19)4-3-6-17-13(20)9-15(2)14(17)21/h10-11,18H,3-9H2,1-2H3. The number of amides is 4. The van der Waals surface area contributed by atoms with Crippen LogP contribution in [0.25, 0.3) is 0 Å². The molecule has 2 aliphatic heterocycles. The summed E-state index contributed by atoms with van der Waals surface area (Å²) in [6.45, 7) is 3.49. The molecule has 4 amide bonds. The lowest BCUT2D eigenvalue weighted by molar-refractivity contribution is -0.135. The van der Waals surface area contributed by atoms with Crippen molar-refractivity contribution >= 4 is 17.8 Å². The van der Waals surface area contributed by atoms with E-state index in [0.717, 1.165) is 0 Å². The van der Waals surface area contributed by atoms with Crippen molar-refractivity contribution in [1.29, 1.82) is 0 Å². The minimum atomic E-state index is -0.329. The predicted molar refractivity (Wildman–Crippen MR) is 75.3 cm³/mol. The third-order valence-corrected chi connectivity index (χ3v) is 4.22. The zero-order valence-electron chi connectivity index (χ0n) is 12.6. The summed E-state index contributed by atoms with van der Waals surface area (Å²) in [6, 6.07) is -0.290. The number of likely N-dealkylation sites (tertiary alicyclic amines) is 1. The average Bonchev–Trinajstić information content (AvgIpc) is 2.68. The van der Waals surface area contributed by atoms with Crippen LogP contribution in [-0.4, -0.2) is 77.0 Å². The van der Waals surface area contributed by atoms with Gasteiger partial charge in [-0.1, -0.05) is 6.92 Å². The Kier molecular flexibility index (Phi) is 4.82. The molecule has 1 N–H and O–H groups in total. The van der Waals surface area contributed by atoms with E-state index in [9.17, 15) is 19.5 Å². The summed E-state index contributed by atoms with van der Waals surface area (Å²) in [6.07, 6.45) is 1.09. The Morgan fingerprint density at radius 3 is 2.67 bits per heavy atom. The molecule has 0 aromatic heterocycles. The highest BCUT2D eigenvalue weighted by Gasteiger charge is 2.33. The van der Waals surface area contributed by atoms with Crippen molar-refractivity contribution in [2.24, 2.45) is 5.92 Å². The number of nitrogens with zero attached hydrogens (tertiary/aromatic N) is 3. The molecule has 0 aliphatic carbocycles. The highest BCUT2D eigenvalue weighted by Crippen LogP contribution is 2.18. The molecule has 21 heavy (non-hydrogen) atoms. The number of imide groups is 1. The molecule has 118 valence electrons. The molecule has 2 rings (SSSR count). The highest BCUT2D eigenvalue weighted by atomic mass is 16.3. The molecule has 7 heteroatoms. The Balaban J connectivity index is 1.75. The van der Waals surface area contributed by atoms with Gasteiger partial charge in [0.25, 0.3) is 0 Å². The fourth-order valence-corrected chi connectivity index (χ4v) is 2.80. The van der Waals surface area contributed by atoms with Crippen LogP contribution >= 0.6 is 0 Å². The van der Waals surface area contributed by atoms with Crippen LogP contribution in [0.1, 0.15) is 26.2 Å². The van der Waals surface area contributed by atoms with Crippen LogP contribution in [-0.2, 0) is 9.59 Å². The van der Waals surface area contributed by atoms with Gasteiger partial charge in [-0.2, -0.15) is 0 Å². The molecule has 0 bridgehead atoms. The van der Waals surface area contributed by atoms with E-state index in [0.29, 0.717) is 38.9 Å². The van der Waals surface area contributed by atoms with Gasteiger partial charge < -0.3 is 14.9 Å². The highest BCUT2D eigenvalue weighted by molar-refractivity contribution is 6.01. The first-order valence-electron chi connectivity index (χ1n) is 7.41. The normalized spacial score (nSPS) is 26.7. The molecule has 0 aromatic rings. The van der Waals surface area contributed by atoms with Gasteiger partial charge in [0.1, 0.15) is 6.54 Å². The molecule has 7 nitrogen and oxygen atoms in total. The molecule has 0 radical (unpaired) electrons. The first kappa shape index (κ1) is 15.8. The number of aliphatic hydroxyl groups excluding tert-OH is 1. The molecule has 2 unspecified atom stereocenters. The quantitative estimate of drug-likeness (QED) is 0.734. The first-order chi connectivity index (χ1) is 9.90. The number of carbonyl (C=O) groups is 3. The molecule has 0 saturated carbocycles. The molecule has 0 aromatic carbocycles. The maximum absolute atomic E-state index is 12.1. The van der Waals surface area contributed by atoms with Crippen molar-refractivity contribution in [2.45, 2.75) is 32.3 Å². The number of carbonyl (C=O) groups excluding carboxylic acids is 3. The van der Waals surface area contributed by atoms with Crippen molar-refractivity contribution in [2.75, 3.05) is 33.2 Å². The Morgan fingerprint density at radius 1 is 1.38 bits per heavy atom. The number of likely N-dealkylation sites (N-methyl/N-ethyl adjacent to an activating group) is 1. The zero-order chi connectivity index (χ0) is 15.6. The maximum Gasteiger partial charge on any atom is 0.326 e. The van der Waals surface area contributed by atoms with Crippen LogP contribution in [0.4, 0.5) is 4.79 Å². The first-order valence-corrected chi connectivity index (χ1v) is 7.41. The van der Waals surface area contributed by atoms with Gasteiger partial charge in [0.2, 0.25) is 11.8 Å². The summed E-state index contributed by atoms with van der Waals surface area (Å²) in [5.74, 6) is -0.0797. The van der Waals surface area contributed by atoms with E-state index in [4.69, 9.17) is 0 Å². The van der Waals surface area contributed by atoms with Crippen LogP contribution in [0.5, 0.6) is 0 Å². The molecule has 0 spiro atoms. The lowest BCUT2D eigenvalue weighted by atomic mass is 9.96. The van der Waals surface area contributed by atoms with Crippen molar-refractivity contribution in [1.82, 2.24) is 14.7 Å². The van der Waals surface area contributed by atoms with Gasteiger partial charge >= 0.3 is 6.03 Å². The number of urea groups is 1. The lowest BCUT2D eigenvalue weighted by Gasteiger charge is -2.34. The summed E-state index contributed by atoms with van der Waals surface area (Å²) in [5, 5.41) is 9.66. The van der Waals surface area contributed by atoms with Crippen LogP contribution in [0.3, 0.4) is 0 Å². The fourth-order valence-electron chi connectivity index (χ4n) is 2.80. The van der Waals surface area contributed by atoms with E-state index >= 15 is 0 Å². The van der Waals surface area contributed by atoms with Crippen LogP contribution < -0.4 is 0 Å². The molecule has 2 atom stereocenters. The Hall–Kier alpha value is -1.63. The van der Waals surface area contributed by atoms with Gasteiger partial charge in [0.15, 0.2) is 0 Å². The van der Waals surface area contributed by atoms with E-state index in [1.807, 2.05) is 6.92 Å². The summed E-state index contributed by atoms with van der Waals surface area (Å²) in [7, 11) is 1.59. The number of rotatable bonds is 4. The van der Waals surface area contributed by atoms with Crippen LogP contribution in [0, 0.1) is 5.92 Å². The van der Waals surface area contributed by atoms with Crippen molar-refractivity contribution < 1.29 is 19.5 Å². The van der Waals surface area contributed by atoms with Gasteiger partial charge in [0, 0.05) is 33.1 Å². The predicted octanol–water partition coefficient (Wildman–Crippen LogP) is -0.110. The Bertz CT molecular complexity index is 440. The second-order valence-corrected chi connectivity index (χ2v) is 5.96. The van der Waals surface area contributed by atoms with Crippen molar-refractivity contribution in [3.8, 4) is 0 Å². The topological polar surface area (TPSA) is 81.2 Å². The second-order valence-electron chi connectivity index (χ2n) is 5.96. The average molecular weight is 297 g/mol. The van der Waals surface area contributed by atoms with Crippen molar-refractivity contribution in [3.05, 3.63) is 0 Å². The van der Waals surface area contributed by atoms with E-state index in [-0.39, 0.29) is 36.4 Å². The molecule has 2 aliphatic rings. The number of piperidine rings is 1. The zero-order valence-corrected chi connectivity index (χ0v) is 12.6. The summed E-state index contributed by atoms with van der Waals surface area (Å²) >= 11 is 0. The van der Waals surface area contributed by atoms with E-state index in [1.165, 1.54) is 9.80 Å².